The number of amides is 2. The van der Waals surface area contributed by atoms with Gasteiger partial charge in [0.2, 0.25) is 0 Å². The Kier molecular flexibility index (Phi) is 7.29. The van der Waals surface area contributed by atoms with Crippen molar-refractivity contribution in [2.45, 2.75) is 19.8 Å². The van der Waals surface area contributed by atoms with Crippen LogP contribution in [0.25, 0.3) is 0 Å². The van der Waals surface area contributed by atoms with Gasteiger partial charge in [-0.1, -0.05) is 29.8 Å². The number of hydrogen-bond acceptors (Lipinski definition) is 4. The largest absolute Gasteiger partial charge is 0.494 e. The van der Waals surface area contributed by atoms with E-state index in [2.05, 4.69) is 21.2 Å². The number of unbranched alkanes of at least 4 members (excludes halogenated alkanes) is 1. The van der Waals surface area contributed by atoms with Gasteiger partial charge in [0.1, 0.15) is 11.5 Å². The molecule has 6 nitrogen and oxygen atoms in total. The summed E-state index contributed by atoms with van der Waals surface area (Å²) in [7, 11) is 0. The molecule has 3 aromatic rings. The summed E-state index contributed by atoms with van der Waals surface area (Å²) in [6, 6.07) is 20.5. The first-order valence-electron chi connectivity index (χ1n) is 10.8. The lowest BCUT2D eigenvalue weighted by atomic mass is 10.1. The molecule has 0 saturated carbocycles. The van der Waals surface area contributed by atoms with Crippen molar-refractivity contribution in [3.05, 3.63) is 82.3 Å². The van der Waals surface area contributed by atoms with E-state index in [0.29, 0.717) is 40.3 Å². The minimum Gasteiger partial charge on any atom is -0.494 e. The Balaban J connectivity index is 1.38. The summed E-state index contributed by atoms with van der Waals surface area (Å²) in [6.45, 7) is 3.18. The van der Waals surface area contributed by atoms with Gasteiger partial charge in [-0.2, -0.15) is 0 Å². The number of ether oxygens (including phenoxy) is 2. The molecule has 170 valence electrons. The zero-order valence-corrected chi connectivity index (χ0v) is 19.9. The maximum atomic E-state index is 12.7. The van der Waals surface area contributed by atoms with E-state index in [0.717, 1.165) is 18.6 Å². The quantitative estimate of drug-likeness (QED) is 0.402. The molecule has 3 aromatic carbocycles. The van der Waals surface area contributed by atoms with Crippen LogP contribution in [0.3, 0.4) is 0 Å². The lowest BCUT2D eigenvalue weighted by Crippen LogP contribution is -2.39. The van der Waals surface area contributed by atoms with Crippen LogP contribution in [0.1, 0.15) is 28.8 Å². The zero-order chi connectivity index (χ0) is 23.2. The fraction of sp³-hybridized carbons (Fsp3) is 0.231. The van der Waals surface area contributed by atoms with Gasteiger partial charge in [-0.15, -0.1) is 0 Å². The molecule has 4 rings (SSSR count). The third kappa shape index (κ3) is 5.73. The fourth-order valence-corrected chi connectivity index (χ4v) is 4.03. The predicted octanol–water partition coefficient (Wildman–Crippen LogP) is 5.59. The van der Waals surface area contributed by atoms with E-state index in [1.807, 2.05) is 49.4 Å². The van der Waals surface area contributed by atoms with Crippen LogP contribution in [0, 0.1) is 6.92 Å². The lowest BCUT2D eigenvalue weighted by Gasteiger charge is -2.30. The van der Waals surface area contributed by atoms with Crippen molar-refractivity contribution in [3.8, 4) is 11.5 Å². The minimum absolute atomic E-state index is 0.00946. The summed E-state index contributed by atoms with van der Waals surface area (Å²) in [5.41, 5.74) is 2.99. The monoisotopic (exact) mass is 508 g/mol. The summed E-state index contributed by atoms with van der Waals surface area (Å²) in [4.78, 5) is 26.9. The Hall–Kier alpha value is -3.32. The van der Waals surface area contributed by atoms with Crippen molar-refractivity contribution in [1.29, 1.82) is 0 Å². The van der Waals surface area contributed by atoms with E-state index in [1.54, 1.807) is 29.2 Å². The molecular formula is C26H25BrN2O4. The van der Waals surface area contributed by atoms with Gasteiger partial charge in [-0.25, -0.2) is 0 Å². The fourth-order valence-electron chi connectivity index (χ4n) is 3.57. The second-order valence-electron chi connectivity index (χ2n) is 7.82. The number of carbonyl (C=O) groups excluding carboxylic acids is 2. The van der Waals surface area contributed by atoms with Crippen molar-refractivity contribution in [2.75, 3.05) is 30.0 Å². The van der Waals surface area contributed by atoms with E-state index in [4.69, 9.17) is 9.47 Å². The molecule has 0 bridgehead atoms. The Morgan fingerprint density at radius 3 is 2.67 bits per heavy atom. The second-order valence-corrected chi connectivity index (χ2v) is 8.67. The van der Waals surface area contributed by atoms with Gasteiger partial charge in [0.15, 0.2) is 6.61 Å². The number of aryl methyl sites for hydroxylation is 1. The number of halogens is 1. The summed E-state index contributed by atoms with van der Waals surface area (Å²) < 4.78 is 12.1. The second kappa shape index (κ2) is 10.5. The van der Waals surface area contributed by atoms with Gasteiger partial charge >= 0.3 is 0 Å². The van der Waals surface area contributed by atoms with Crippen LogP contribution < -0.4 is 19.7 Å². The third-order valence-electron chi connectivity index (χ3n) is 5.34. The van der Waals surface area contributed by atoms with Gasteiger partial charge in [0.05, 0.1) is 17.9 Å². The van der Waals surface area contributed by atoms with Crippen LogP contribution in [0.2, 0.25) is 0 Å². The smallest absolute Gasteiger partial charge is 0.265 e. The highest BCUT2D eigenvalue weighted by atomic mass is 79.9. The number of benzene rings is 3. The summed E-state index contributed by atoms with van der Waals surface area (Å²) >= 11 is 3.40. The van der Waals surface area contributed by atoms with Crippen LogP contribution in [-0.2, 0) is 4.79 Å². The van der Waals surface area contributed by atoms with E-state index >= 15 is 0 Å². The molecule has 0 spiro atoms. The Bertz CT molecular complexity index is 1150. The molecule has 0 aliphatic carbocycles. The average Bonchev–Trinajstić information content (AvgIpc) is 2.81. The molecule has 2 amide bonds. The standard InChI is InChI=1S/C26H25BrN2O4/c1-18-8-11-20(12-9-18)32-15-5-4-14-29-23-16-19(10-13-24(23)33-17-25(29)30)28-26(31)21-6-2-3-7-22(21)27/h2-3,6-13,16H,4-5,14-15,17H2,1H3,(H,28,31). The SMILES string of the molecule is Cc1ccc(OCCCCN2C(=O)COc3ccc(NC(=O)c4ccccc4Br)cc32)cc1. The third-order valence-corrected chi connectivity index (χ3v) is 6.04. The van der Waals surface area contributed by atoms with Crippen LogP contribution in [0.4, 0.5) is 11.4 Å². The number of hydrogen-bond donors (Lipinski definition) is 1. The van der Waals surface area contributed by atoms with Gasteiger partial charge in [-0.3, -0.25) is 9.59 Å². The molecule has 33 heavy (non-hydrogen) atoms. The highest BCUT2D eigenvalue weighted by Crippen LogP contribution is 2.35. The molecule has 0 saturated heterocycles. The average molecular weight is 509 g/mol. The number of anilines is 2. The number of nitrogens with one attached hydrogen (secondary N) is 1. The number of nitrogens with zero attached hydrogens (tertiary/aromatic N) is 1. The first kappa shape index (κ1) is 22.9. The van der Waals surface area contributed by atoms with Gasteiger partial charge in [0.25, 0.3) is 11.8 Å². The highest BCUT2D eigenvalue weighted by molar-refractivity contribution is 9.10. The zero-order valence-electron chi connectivity index (χ0n) is 18.3. The number of carbonyl (C=O) groups is 2. The summed E-state index contributed by atoms with van der Waals surface area (Å²) in [6.07, 6.45) is 1.59. The maximum Gasteiger partial charge on any atom is 0.265 e. The van der Waals surface area contributed by atoms with Crippen LogP contribution >= 0.6 is 15.9 Å². The Morgan fingerprint density at radius 2 is 1.88 bits per heavy atom. The highest BCUT2D eigenvalue weighted by Gasteiger charge is 2.25. The first-order chi connectivity index (χ1) is 16.0. The molecule has 1 N–H and O–H groups in total. The number of rotatable bonds is 8. The van der Waals surface area contributed by atoms with Crippen LogP contribution in [-0.4, -0.2) is 31.6 Å². The molecule has 0 fully saturated rings. The minimum atomic E-state index is -0.231. The Morgan fingerprint density at radius 1 is 1.09 bits per heavy atom. The molecule has 0 radical (unpaired) electrons. The normalized spacial score (nSPS) is 12.7. The van der Waals surface area contributed by atoms with E-state index in [-0.39, 0.29) is 18.4 Å². The molecule has 1 aliphatic rings. The van der Waals surface area contributed by atoms with Crippen LogP contribution in [0.15, 0.2) is 71.2 Å². The van der Waals surface area contributed by atoms with E-state index in [9.17, 15) is 9.59 Å². The number of fused-ring (bicyclic) bond motifs is 1. The van der Waals surface area contributed by atoms with E-state index < -0.39 is 0 Å². The molecular weight excluding hydrogens is 484 g/mol. The maximum absolute atomic E-state index is 12.7. The van der Waals surface area contributed by atoms with Gasteiger partial charge < -0.3 is 19.7 Å². The van der Waals surface area contributed by atoms with Crippen molar-refractivity contribution in [2.24, 2.45) is 0 Å². The first-order valence-corrected chi connectivity index (χ1v) is 11.6. The molecule has 7 heteroatoms. The molecule has 1 aliphatic heterocycles. The predicted molar refractivity (Wildman–Crippen MR) is 132 cm³/mol. The topological polar surface area (TPSA) is 67.9 Å². The molecule has 0 atom stereocenters. The molecule has 0 aromatic heterocycles. The summed E-state index contributed by atoms with van der Waals surface area (Å²) in [5.74, 6) is 1.14. The van der Waals surface area contributed by atoms with Crippen molar-refractivity contribution in [1.82, 2.24) is 0 Å². The molecule has 1 heterocycles. The van der Waals surface area contributed by atoms with Crippen molar-refractivity contribution < 1.29 is 19.1 Å². The summed E-state index contributed by atoms with van der Waals surface area (Å²) in [5, 5.41) is 2.90. The molecule has 0 unspecified atom stereocenters. The lowest BCUT2D eigenvalue weighted by molar-refractivity contribution is -0.121. The Labute approximate surface area is 201 Å². The van der Waals surface area contributed by atoms with Crippen molar-refractivity contribution >= 4 is 39.1 Å². The van der Waals surface area contributed by atoms with Crippen molar-refractivity contribution in [3.63, 3.8) is 0 Å². The van der Waals surface area contributed by atoms with Gasteiger partial charge in [-0.05, 0) is 78.2 Å². The van der Waals surface area contributed by atoms with Crippen LogP contribution in [0.5, 0.6) is 11.5 Å². The van der Waals surface area contributed by atoms with Gasteiger partial charge in [0, 0.05) is 16.7 Å². The van der Waals surface area contributed by atoms with E-state index in [1.165, 1.54) is 5.56 Å².